The van der Waals surface area contributed by atoms with Crippen molar-refractivity contribution in [3.05, 3.63) is 24.3 Å². The van der Waals surface area contributed by atoms with Gasteiger partial charge in [0.15, 0.2) is 5.78 Å². The predicted molar refractivity (Wildman–Crippen MR) is 98.6 cm³/mol. The van der Waals surface area contributed by atoms with E-state index < -0.39 is 28.5 Å². The zero-order valence-corrected chi connectivity index (χ0v) is 16.4. The van der Waals surface area contributed by atoms with Crippen LogP contribution in [0.25, 0.3) is 0 Å². The molecule has 0 amide bonds. The van der Waals surface area contributed by atoms with Crippen molar-refractivity contribution < 1.29 is 23.9 Å². The van der Waals surface area contributed by atoms with E-state index in [1.54, 1.807) is 0 Å². The highest BCUT2D eigenvalue weighted by atomic mass is 16.6. The van der Waals surface area contributed by atoms with Crippen LogP contribution in [0.2, 0.25) is 0 Å². The molecule has 2 spiro atoms. The van der Waals surface area contributed by atoms with Gasteiger partial charge in [0.2, 0.25) is 0 Å². The van der Waals surface area contributed by atoms with Crippen LogP contribution in [-0.2, 0) is 23.9 Å². The lowest BCUT2D eigenvalue weighted by Crippen LogP contribution is -2.78. The van der Waals surface area contributed by atoms with Gasteiger partial charge in [-0.3, -0.25) is 14.4 Å². The molecule has 146 valence electrons. The van der Waals surface area contributed by atoms with Crippen LogP contribution in [0.1, 0.15) is 59.3 Å². The molecule has 2 bridgehead atoms. The van der Waals surface area contributed by atoms with Gasteiger partial charge in [-0.25, -0.2) is 0 Å². The highest BCUT2D eigenvalue weighted by Gasteiger charge is 2.79. The largest absolute Gasteiger partial charge is 0.461 e. The van der Waals surface area contributed by atoms with Crippen molar-refractivity contribution in [3.8, 4) is 0 Å². The molecule has 27 heavy (non-hydrogen) atoms. The summed E-state index contributed by atoms with van der Waals surface area (Å²) >= 11 is 0. The smallest absolute Gasteiger partial charge is 0.306 e. The average molecular weight is 372 g/mol. The number of Topliss-reactive ketones (excluding diaryl/α,β-unsaturated/α-hetero) is 1. The summed E-state index contributed by atoms with van der Waals surface area (Å²) < 4.78 is 11.9. The summed E-state index contributed by atoms with van der Waals surface area (Å²) in [6.07, 6.45) is 2.89. The molecule has 5 fully saturated rings. The van der Waals surface area contributed by atoms with Crippen molar-refractivity contribution in [2.45, 2.75) is 71.0 Å². The third kappa shape index (κ3) is 2.03. The highest BCUT2D eigenvalue weighted by molar-refractivity contribution is 6.04. The molecule has 1 unspecified atom stereocenters. The second-order valence-corrected chi connectivity index (χ2v) is 9.22. The molecule has 0 aromatic carbocycles. The molecular formula is C22H28O5. The lowest BCUT2D eigenvalue weighted by Gasteiger charge is -2.71. The first kappa shape index (κ1) is 18.5. The summed E-state index contributed by atoms with van der Waals surface area (Å²) in [4.78, 5) is 37.9. The van der Waals surface area contributed by atoms with E-state index in [0.717, 1.165) is 12.0 Å². The van der Waals surface area contributed by atoms with Gasteiger partial charge in [-0.05, 0) is 56.4 Å². The number of carbonyl (C=O) groups is 3. The average Bonchev–Trinajstić information content (AvgIpc) is 2.57. The normalized spacial score (nSPS) is 45.6. The first-order chi connectivity index (χ1) is 12.6. The molecule has 0 aromatic heterocycles. The van der Waals surface area contributed by atoms with Gasteiger partial charge >= 0.3 is 11.9 Å². The number of carbonyl (C=O) groups excluding carboxylic acids is 3. The molecule has 1 aliphatic heterocycles. The summed E-state index contributed by atoms with van der Waals surface area (Å²) in [6, 6.07) is 0. The predicted octanol–water partition coefficient (Wildman–Crippen LogP) is 3.52. The van der Waals surface area contributed by atoms with Crippen LogP contribution in [0.5, 0.6) is 0 Å². The standard InChI is InChI=1S/C22H28O5/c1-12(2)16-6-9-21-17(26-14(4)23)10-15(13(3)19(21)25)11-22(21)20(16,5)8-7-18(24)27-22/h15-17H,1,3,6-11H2,2,4-5H3/t15-,16+,17-,20+,21+,22?/m1/s1. The van der Waals surface area contributed by atoms with Crippen molar-refractivity contribution in [2.75, 3.05) is 0 Å². The van der Waals surface area contributed by atoms with Crippen molar-refractivity contribution >= 4 is 17.7 Å². The Balaban J connectivity index is 1.96. The third-order valence-corrected chi connectivity index (χ3v) is 8.05. The Labute approximate surface area is 160 Å². The summed E-state index contributed by atoms with van der Waals surface area (Å²) in [5.74, 6) is -0.701. The minimum absolute atomic E-state index is 0.0719. The van der Waals surface area contributed by atoms with Gasteiger partial charge in [0.1, 0.15) is 17.1 Å². The van der Waals surface area contributed by atoms with Gasteiger partial charge in [0.25, 0.3) is 0 Å². The minimum Gasteiger partial charge on any atom is -0.461 e. The van der Waals surface area contributed by atoms with Crippen LogP contribution < -0.4 is 0 Å². The third-order valence-electron chi connectivity index (χ3n) is 8.05. The Kier molecular flexibility index (Phi) is 3.80. The summed E-state index contributed by atoms with van der Waals surface area (Å²) in [5, 5.41) is 0. The number of hydrogen-bond donors (Lipinski definition) is 0. The minimum atomic E-state index is -1.03. The van der Waals surface area contributed by atoms with E-state index in [0.29, 0.717) is 37.7 Å². The van der Waals surface area contributed by atoms with Gasteiger partial charge < -0.3 is 9.47 Å². The Morgan fingerprint density at radius 2 is 1.96 bits per heavy atom. The number of hydrogen-bond acceptors (Lipinski definition) is 5. The molecule has 1 saturated heterocycles. The van der Waals surface area contributed by atoms with Crippen LogP contribution in [0, 0.1) is 22.7 Å². The Bertz CT molecular complexity index is 782. The number of fused-ring (bicyclic) bond motifs is 2. The van der Waals surface area contributed by atoms with E-state index in [-0.39, 0.29) is 23.6 Å². The molecular weight excluding hydrogens is 344 g/mol. The fourth-order valence-corrected chi connectivity index (χ4v) is 6.96. The van der Waals surface area contributed by atoms with E-state index in [2.05, 4.69) is 20.1 Å². The van der Waals surface area contributed by atoms with Gasteiger partial charge in [-0.15, -0.1) is 0 Å². The zero-order chi connectivity index (χ0) is 19.8. The van der Waals surface area contributed by atoms with Crippen LogP contribution in [0.3, 0.4) is 0 Å². The van der Waals surface area contributed by atoms with E-state index in [9.17, 15) is 14.4 Å². The highest BCUT2D eigenvalue weighted by Crippen LogP contribution is 2.72. The monoisotopic (exact) mass is 372 g/mol. The van der Waals surface area contributed by atoms with Crippen LogP contribution in [-0.4, -0.2) is 29.4 Å². The molecule has 5 aliphatic rings. The fraction of sp³-hybridized carbons (Fsp3) is 0.682. The Morgan fingerprint density at radius 3 is 2.59 bits per heavy atom. The molecule has 0 aromatic rings. The SMILES string of the molecule is C=C1C(=O)[C@@]23CC[C@@H](C(=C)C)[C@]4(C)CCC(=O)OC42C[C@H]1C[C@H]3OC(C)=O. The van der Waals surface area contributed by atoms with Crippen molar-refractivity contribution in [3.63, 3.8) is 0 Å². The maximum Gasteiger partial charge on any atom is 0.306 e. The lowest BCUT2D eigenvalue weighted by molar-refractivity contribution is -0.292. The van der Waals surface area contributed by atoms with E-state index in [1.165, 1.54) is 6.92 Å². The molecule has 5 nitrogen and oxygen atoms in total. The maximum atomic E-state index is 13.6. The molecule has 1 heterocycles. The topological polar surface area (TPSA) is 69.7 Å². The summed E-state index contributed by atoms with van der Waals surface area (Å²) in [5.41, 5.74) is -0.735. The molecule has 6 atom stereocenters. The fourth-order valence-electron chi connectivity index (χ4n) is 6.96. The van der Waals surface area contributed by atoms with Crippen molar-refractivity contribution in [1.29, 1.82) is 0 Å². The summed E-state index contributed by atoms with van der Waals surface area (Å²) in [6.45, 7) is 13.8. The van der Waals surface area contributed by atoms with E-state index >= 15 is 0 Å². The number of rotatable bonds is 2. The second kappa shape index (κ2) is 5.55. The van der Waals surface area contributed by atoms with Crippen LogP contribution >= 0.6 is 0 Å². The second-order valence-electron chi connectivity index (χ2n) is 9.22. The van der Waals surface area contributed by atoms with Gasteiger partial charge in [0.05, 0.1) is 0 Å². The molecule has 0 radical (unpaired) electrons. The Morgan fingerprint density at radius 1 is 1.26 bits per heavy atom. The molecule has 4 saturated carbocycles. The first-order valence-corrected chi connectivity index (χ1v) is 9.87. The quantitative estimate of drug-likeness (QED) is 0.421. The number of allylic oxidation sites excluding steroid dienone is 2. The number of ether oxygens (including phenoxy) is 2. The van der Waals surface area contributed by atoms with E-state index in [1.807, 2.05) is 6.92 Å². The van der Waals surface area contributed by atoms with Gasteiger partial charge in [-0.2, -0.15) is 0 Å². The molecule has 4 aliphatic carbocycles. The molecule has 5 rings (SSSR count). The van der Waals surface area contributed by atoms with E-state index in [4.69, 9.17) is 9.47 Å². The zero-order valence-electron chi connectivity index (χ0n) is 16.4. The number of ketones is 1. The van der Waals surface area contributed by atoms with Crippen LogP contribution in [0.15, 0.2) is 24.3 Å². The van der Waals surface area contributed by atoms with Gasteiger partial charge in [-0.1, -0.05) is 25.7 Å². The lowest BCUT2D eigenvalue weighted by atomic mass is 9.36. The van der Waals surface area contributed by atoms with Crippen molar-refractivity contribution in [2.24, 2.45) is 22.7 Å². The first-order valence-electron chi connectivity index (χ1n) is 9.87. The van der Waals surface area contributed by atoms with Gasteiger partial charge in [0, 0.05) is 18.8 Å². The van der Waals surface area contributed by atoms with Crippen LogP contribution in [0.4, 0.5) is 0 Å². The maximum absolute atomic E-state index is 13.6. The Hall–Kier alpha value is -1.91. The van der Waals surface area contributed by atoms with Crippen molar-refractivity contribution in [1.82, 2.24) is 0 Å². The number of esters is 2. The molecule has 0 N–H and O–H groups in total. The molecule has 5 heteroatoms. The summed E-state index contributed by atoms with van der Waals surface area (Å²) in [7, 11) is 0.